The fourth-order valence-electron chi connectivity index (χ4n) is 1.71. The van der Waals surface area contributed by atoms with E-state index in [9.17, 15) is 4.79 Å². The molecule has 0 bridgehead atoms. The van der Waals surface area contributed by atoms with Crippen LogP contribution in [0.25, 0.3) is 0 Å². The summed E-state index contributed by atoms with van der Waals surface area (Å²) in [4.78, 5) is 16.0. The van der Waals surface area contributed by atoms with Gasteiger partial charge in [-0.15, -0.1) is 11.3 Å². The maximum atomic E-state index is 12.0. The van der Waals surface area contributed by atoms with Crippen molar-refractivity contribution in [3.63, 3.8) is 0 Å². The fourth-order valence-corrected chi connectivity index (χ4v) is 2.75. The second-order valence-electron chi connectivity index (χ2n) is 3.90. The number of nitrogens with one attached hydrogen (secondary N) is 2. The summed E-state index contributed by atoms with van der Waals surface area (Å²) in [6.07, 6.45) is 1.68. The molecular weight excluding hydrogens is 318 g/mol. The molecule has 2 aromatic rings. The first-order valence-electron chi connectivity index (χ1n) is 5.40. The Labute approximate surface area is 116 Å². The number of hydrogen-bond acceptors (Lipinski definition) is 5. The van der Waals surface area contributed by atoms with Crippen LogP contribution in [0.4, 0.5) is 5.82 Å². The zero-order valence-corrected chi connectivity index (χ0v) is 11.7. The van der Waals surface area contributed by atoms with Gasteiger partial charge in [0.25, 0.3) is 5.91 Å². The molecule has 6 nitrogen and oxygen atoms in total. The number of halogens is 1. The van der Waals surface area contributed by atoms with E-state index in [4.69, 9.17) is 0 Å². The van der Waals surface area contributed by atoms with E-state index < -0.39 is 0 Å². The molecule has 18 heavy (non-hydrogen) atoms. The summed E-state index contributed by atoms with van der Waals surface area (Å²) in [5.41, 5.74) is 2.03. The molecule has 0 unspecified atom stereocenters. The molecule has 0 spiro atoms. The van der Waals surface area contributed by atoms with E-state index in [1.165, 1.54) is 11.3 Å². The standard InChI is InChI=1S/C10H10BrN5OS/c11-9-8(13-5-18-9)10(17)15-7-1-2-14-16(7)6-3-12-4-6/h1-2,5-6,12H,3-4H2,(H,15,17). The van der Waals surface area contributed by atoms with Crippen molar-refractivity contribution in [3.8, 4) is 0 Å². The summed E-state index contributed by atoms with van der Waals surface area (Å²) >= 11 is 4.69. The summed E-state index contributed by atoms with van der Waals surface area (Å²) in [7, 11) is 0. The van der Waals surface area contributed by atoms with Crippen molar-refractivity contribution in [2.24, 2.45) is 0 Å². The minimum Gasteiger partial charge on any atom is -0.312 e. The van der Waals surface area contributed by atoms with Gasteiger partial charge < -0.3 is 10.6 Å². The molecule has 8 heteroatoms. The van der Waals surface area contributed by atoms with Crippen molar-refractivity contribution < 1.29 is 4.79 Å². The Bertz CT molecular complexity index is 576. The molecular formula is C10H10BrN5OS. The third-order valence-corrected chi connectivity index (χ3v) is 4.30. The lowest BCUT2D eigenvalue weighted by atomic mass is 10.2. The van der Waals surface area contributed by atoms with E-state index in [1.807, 2.05) is 4.68 Å². The SMILES string of the molecule is O=C(Nc1ccnn1C1CNC1)c1ncsc1Br. The largest absolute Gasteiger partial charge is 0.312 e. The quantitative estimate of drug-likeness (QED) is 0.896. The maximum absolute atomic E-state index is 12.0. The van der Waals surface area contributed by atoms with Gasteiger partial charge in [0.05, 0.1) is 17.7 Å². The second kappa shape index (κ2) is 4.79. The molecule has 2 aromatic heterocycles. The van der Waals surface area contributed by atoms with Gasteiger partial charge in [-0.3, -0.25) is 4.79 Å². The molecule has 1 amide bonds. The van der Waals surface area contributed by atoms with Crippen LogP contribution in [-0.2, 0) is 0 Å². The van der Waals surface area contributed by atoms with Gasteiger partial charge in [-0.2, -0.15) is 5.10 Å². The van der Waals surface area contributed by atoms with E-state index >= 15 is 0 Å². The average molecular weight is 328 g/mol. The number of aromatic nitrogens is 3. The second-order valence-corrected chi connectivity index (χ2v) is 6.07. The number of carbonyl (C=O) groups is 1. The molecule has 0 saturated carbocycles. The Morgan fingerprint density at radius 1 is 1.61 bits per heavy atom. The first kappa shape index (κ1) is 11.8. The van der Waals surface area contributed by atoms with Crippen LogP contribution in [0.15, 0.2) is 21.6 Å². The highest BCUT2D eigenvalue weighted by Crippen LogP contribution is 2.22. The Kier molecular flexibility index (Phi) is 3.14. The van der Waals surface area contributed by atoms with Crippen LogP contribution in [0.3, 0.4) is 0 Å². The third-order valence-electron chi connectivity index (χ3n) is 2.76. The van der Waals surface area contributed by atoms with Crippen LogP contribution >= 0.6 is 27.3 Å². The highest BCUT2D eigenvalue weighted by Gasteiger charge is 2.23. The van der Waals surface area contributed by atoms with E-state index in [2.05, 4.69) is 36.6 Å². The molecule has 3 heterocycles. The average Bonchev–Trinajstić information content (AvgIpc) is 2.86. The van der Waals surface area contributed by atoms with E-state index in [0.717, 1.165) is 16.9 Å². The van der Waals surface area contributed by atoms with Crippen LogP contribution < -0.4 is 10.6 Å². The molecule has 3 rings (SSSR count). The van der Waals surface area contributed by atoms with Gasteiger partial charge in [-0.1, -0.05) is 0 Å². The first-order valence-corrected chi connectivity index (χ1v) is 7.07. The molecule has 1 aliphatic heterocycles. The number of nitrogens with zero attached hydrogens (tertiary/aromatic N) is 3. The summed E-state index contributed by atoms with van der Waals surface area (Å²) in [6, 6.07) is 2.10. The fraction of sp³-hybridized carbons (Fsp3) is 0.300. The molecule has 2 N–H and O–H groups in total. The zero-order valence-electron chi connectivity index (χ0n) is 9.26. The van der Waals surface area contributed by atoms with Gasteiger partial charge in [0.2, 0.25) is 0 Å². The van der Waals surface area contributed by atoms with Gasteiger partial charge in [-0.05, 0) is 15.9 Å². The van der Waals surface area contributed by atoms with Gasteiger partial charge >= 0.3 is 0 Å². The highest BCUT2D eigenvalue weighted by atomic mass is 79.9. The molecule has 1 aliphatic rings. The predicted molar refractivity (Wildman–Crippen MR) is 71.9 cm³/mol. The Balaban J connectivity index is 1.78. The summed E-state index contributed by atoms with van der Waals surface area (Å²) in [5.74, 6) is 0.476. The normalized spacial score (nSPS) is 15.4. The van der Waals surface area contributed by atoms with Gasteiger partial charge in [0, 0.05) is 19.2 Å². The number of amides is 1. The molecule has 0 radical (unpaired) electrons. The Morgan fingerprint density at radius 2 is 2.44 bits per heavy atom. The Morgan fingerprint density at radius 3 is 3.06 bits per heavy atom. The summed E-state index contributed by atoms with van der Waals surface area (Å²) in [6.45, 7) is 1.76. The van der Waals surface area contributed by atoms with Crippen molar-refractivity contribution >= 4 is 39.0 Å². The molecule has 1 saturated heterocycles. The van der Waals surface area contributed by atoms with Crippen LogP contribution in [0.5, 0.6) is 0 Å². The van der Waals surface area contributed by atoms with Crippen molar-refractivity contribution in [2.75, 3.05) is 18.4 Å². The third kappa shape index (κ3) is 2.06. The predicted octanol–water partition coefficient (Wildman–Crippen LogP) is 1.50. The number of anilines is 1. The number of rotatable bonds is 3. The molecule has 0 aromatic carbocycles. The minimum absolute atomic E-state index is 0.225. The Hall–Kier alpha value is -1.25. The zero-order chi connectivity index (χ0) is 12.5. The van der Waals surface area contributed by atoms with Crippen LogP contribution in [0, 0.1) is 0 Å². The van der Waals surface area contributed by atoms with Gasteiger partial charge in [0.15, 0.2) is 5.69 Å². The number of carbonyl (C=O) groups excluding carboxylic acids is 1. The highest BCUT2D eigenvalue weighted by molar-refractivity contribution is 9.11. The lowest BCUT2D eigenvalue weighted by Crippen LogP contribution is -2.44. The van der Waals surface area contributed by atoms with E-state index in [0.29, 0.717) is 17.6 Å². The lowest BCUT2D eigenvalue weighted by molar-refractivity contribution is 0.102. The monoisotopic (exact) mass is 327 g/mol. The van der Waals surface area contributed by atoms with Crippen LogP contribution in [-0.4, -0.2) is 33.8 Å². The summed E-state index contributed by atoms with van der Waals surface area (Å²) in [5, 5.41) is 10.2. The number of thiazole rings is 1. The first-order chi connectivity index (χ1) is 8.75. The van der Waals surface area contributed by atoms with Crippen molar-refractivity contribution in [3.05, 3.63) is 27.3 Å². The summed E-state index contributed by atoms with van der Waals surface area (Å²) < 4.78 is 2.56. The maximum Gasteiger partial charge on any atom is 0.277 e. The molecule has 0 aliphatic carbocycles. The van der Waals surface area contributed by atoms with E-state index in [1.54, 1.807) is 17.8 Å². The number of hydrogen-bond donors (Lipinski definition) is 2. The van der Waals surface area contributed by atoms with Gasteiger partial charge in [-0.25, -0.2) is 9.67 Å². The van der Waals surface area contributed by atoms with E-state index in [-0.39, 0.29) is 5.91 Å². The smallest absolute Gasteiger partial charge is 0.277 e. The van der Waals surface area contributed by atoms with Crippen LogP contribution in [0.1, 0.15) is 16.5 Å². The molecule has 1 fully saturated rings. The van der Waals surface area contributed by atoms with Crippen molar-refractivity contribution in [2.45, 2.75) is 6.04 Å². The van der Waals surface area contributed by atoms with Crippen molar-refractivity contribution in [1.82, 2.24) is 20.1 Å². The van der Waals surface area contributed by atoms with Crippen molar-refractivity contribution in [1.29, 1.82) is 0 Å². The van der Waals surface area contributed by atoms with Gasteiger partial charge in [0.1, 0.15) is 9.60 Å². The molecule has 94 valence electrons. The molecule has 0 atom stereocenters. The van der Waals surface area contributed by atoms with Crippen LogP contribution in [0.2, 0.25) is 0 Å². The topological polar surface area (TPSA) is 71.8 Å². The minimum atomic E-state index is -0.225. The lowest BCUT2D eigenvalue weighted by Gasteiger charge is -2.28.